The lowest BCUT2D eigenvalue weighted by molar-refractivity contribution is 0.440. The lowest BCUT2D eigenvalue weighted by Crippen LogP contribution is -2.30. The molecule has 0 heterocycles. The summed E-state index contributed by atoms with van der Waals surface area (Å²) in [4.78, 5) is 1.19. The maximum atomic E-state index is 9.07. The molecule has 72 valence electrons. The van der Waals surface area contributed by atoms with Gasteiger partial charge < -0.3 is 0 Å². The number of nitriles is 1. The summed E-state index contributed by atoms with van der Waals surface area (Å²) in [6, 6.07) is 10.6. The first-order chi connectivity index (χ1) is 6.74. The van der Waals surface area contributed by atoms with Gasteiger partial charge in [0.2, 0.25) is 0 Å². The average molecular weight is 268 g/mol. The molecule has 1 nitrogen and oxygen atoms in total. The summed E-state index contributed by atoms with van der Waals surface area (Å²) in [6.07, 6.45) is 3.26. The van der Waals surface area contributed by atoms with Crippen molar-refractivity contribution >= 4 is 27.7 Å². The van der Waals surface area contributed by atoms with Gasteiger partial charge in [0.15, 0.2) is 0 Å². The van der Waals surface area contributed by atoms with Crippen molar-refractivity contribution in [3.63, 3.8) is 0 Å². The highest BCUT2D eigenvalue weighted by atomic mass is 79.9. The maximum Gasteiger partial charge on any atom is 0.107 e. The third-order valence-corrected chi connectivity index (χ3v) is 4.42. The number of nitrogens with zero attached hydrogens (tertiary/aromatic N) is 1. The summed E-state index contributed by atoms with van der Waals surface area (Å²) in [7, 11) is 0. The van der Waals surface area contributed by atoms with Crippen molar-refractivity contribution in [2.75, 3.05) is 0 Å². The molecule has 0 N–H and O–H groups in total. The van der Waals surface area contributed by atoms with Crippen LogP contribution in [0.4, 0.5) is 0 Å². The molecule has 0 aromatic heterocycles. The second kappa shape index (κ2) is 3.96. The summed E-state index contributed by atoms with van der Waals surface area (Å²) in [5.41, 5.74) is 0. The molecule has 0 radical (unpaired) electrons. The number of benzene rings is 1. The molecule has 0 spiro atoms. The fourth-order valence-electron chi connectivity index (χ4n) is 1.46. The van der Waals surface area contributed by atoms with E-state index in [4.69, 9.17) is 5.26 Å². The first kappa shape index (κ1) is 10.1. The van der Waals surface area contributed by atoms with Gasteiger partial charge in [-0.15, -0.1) is 11.8 Å². The molecular formula is C11H10BrNS. The third-order valence-electron chi connectivity index (χ3n) is 2.49. The van der Waals surface area contributed by atoms with E-state index in [0.29, 0.717) is 0 Å². The van der Waals surface area contributed by atoms with Crippen molar-refractivity contribution in [1.29, 1.82) is 5.26 Å². The first-order valence-electron chi connectivity index (χ1n) is 4.60. The Kier molecular flexibility index (Phi) is 2.85. The van der Waals surface area contributed by atoms with Crippen LogP contribution in [0.2, 0.25) is 0 Å². The lowest BCUT2D eigenvalue weighted by Gasteiger charge is -2.34. The fourth-order valence-corrected chi connectivity index (χ4v) is 2.99. The molecule has 2 rings (SSSR count). The quantitative estimate of drug-likeness (QED) is 0.809. The monoisotopic (exact) mass is 267 g/mol. The van der Waals surface area contributed by atoms with Crippen LogP contribution in [0, 0.1) is 11.3 Å². The van der Waals surface area contributed by atoms with Gasteiger partial charge in [-0.25, -0.2) is 0 Å². The number of thioether (sulfide) groups is 1. The minimum atomic E-state index is -0.131. The van der Waals surface area contributed by atoms with E-state index in [0.717, 1.165) is 17.3 Å². The Bertz CT molecular complexity index is 362. The van der Waals surface area contributed by atoms with E-state index in [1.807, 2.05) is 12.1 Å². The minimum absolute atomic E-state index is 0.131. The summed E-state index contributed by atoms with van der Waals surface area (Å²) >= 11 is 5.10. The number of hydrogen-bond acceptors (Lipinski definition) is 2. The molecule has 1 aliphatic carbocycles. The van der Waals surface area contributed by atoms with Crippen molar-refractivity contribution in [3.8, 4) is 6.07 Å². The van der Waals surface area contributed by atoms with Gasteiger partial charge >= 0.3 is 0 Å². The van der Waals surface area contributed by atoms with E-state index in [1.54, 1.807) is 11.8 Å². The van der Waals surface area contributed by atoms with Crippen LogP contribution in [0.25, 0.3) is 0 Å². The molecule has 0 amide bonds. The van der Waals surface area contributed by atoms with Gasteiger partial charge in [0.25, 0.3) is 0 Å². The Morgan fingerprint density at radius 1 is 1.29 bits per heavy atom. The predicted molar refractivity (Wildman–Crippen MR) is 62.2 cm³/mol. The Labute approximate surface area is 96.6 Å². The molecule has 0 bridgehead atoms. The van der Waals surface area contributed by atoms with E-state index >= 15 is 0 Å². The van der Waals surface area contributed by atoms with Gasteiger partial charge in [0.1, 0.15) is 4.75 Å². The van der Waals surface area contributed by atoms with Crippen LogP contribution in [-0.4, -0.2) is 4.75 Å². The Balaban J connectivity index is 2.11. The largest absolute Gasteiger partial charge is 0.197 e. The van der Waals surface area contributed by atoms with Gasteiger partial charge in [0, 0.05) is 9.37 Å². The Morgan fingerprint density at radius 3 is 2.36 bits per heavy atom. The molecule has 0 saturated heterocycles. The number of hydrogen-bond donors (Lipinski definition) is 0. The molecule has 14 heavy (non-hydrogen) atoms. The highest BCUT2D eigenvalue weighted by Gasteiger charge is 2.38. The molecular weight excluding hydrogens is 258 g/mol. The Morgan fingerprint density at radius 2 is 1.93 bits per heavy atom. The van der Waals surface area contributed by atoms with Crippen molar-refractivity contribution in [3.05, 3.63) is 28.7 Å². The molecule has 1 fully saturated rings. The van der Waals surface area contributed by atoms with Crippen LogP contribution in [0.1, 0.15) is 19.3 Å². The van der Waals surface area contributed by atoms with Crippen molar-refractivity contribution in [2.24, 2.45) is 0 Å². The number of rotatable bonds is 2. The van der Waals surface area contributed by atoms with Gasteiger partial charge in [-0.1, -0.05) is 15.9 Å². The van der Waals surface area contributed by atoms with Crippen molar-refractivity contribution in [2.45, 2.75) is 28.9 Å². The average Bonchev–Trinajstić information content (AvgIpc) is 2.15. The highest BCUT2D eigenvalue weighted by Crippen LogP contribution is 2.47. The van der Waals surface area contributed by atoms with E-state index in [1.165, 1.54) is 11.3 Å². The topological polar surface area (TPSA) is 23.8 Å². The maximum absolute atomic E-state index is 9.07. The van der Waals surface area contributed by atoms with Crippen LogP contribution in [-0.2, 0) is 0 Å². The SMILES string of the molecule is N#CC1(Sc2ccc(Br)cc2)CCC1. The van der Waals surface area contributed by atoms with Crippen LogP contribution in [0.3, 0.4) is 0 Å². The highest BCUT2D eigenvalue weighted by molar-refractivity contribution is 9.10. The minimum Gasteiger partial charge on any atom is -0.197 e. The molecule has 1 aromatic rings. The standard InChI is InChI=1S/C11H10BrNS/c12-9-2-4-10(5-3-9)14-11(8-13)6-1-7-11/h2-5H,1,6-7H2. The zero-order valence-electron chi connectivity index (χ0n) is 7.66. The second-order valence-corrected chi connectivity index (χ2v) is 5.89. The van der Waals surface area contributed by atoms with E-state index < -0.39 is 0 Å². The summed E-state index contributed by atoms with van der Waals surface area (Å²) in [5.74, 6) is 0. The summed E-state index contributed by atoms with van der Waals surface area (Å²) in [6.45, 7) is 0. The van der Waals surface area contributed by atoms with E-state index in [-0.39, 0.29) is 4.75 Å². The van der Waals surface area contributed by atoms with Crippen LogP contribution in [0.15, 0.2) is 33.6 Å². The van der Waals surface area contributed by atoms with E-state index in [9.17, 15) is 0 Å². The smallest absolute Gasteiger partial charge is 0.107 e. The molecule has 1 aliphatic rings. The molecule has 0 atom stereocenters. The van der Waals surface area contributed by atoms with Crippen LogP contribution < -0.4 is 0 Å². The van der Waals surface area contributed by atoms with Crippen LogP contribution in [0.5, 0.6) is 0 Å². The number of halogens is 1. The molecule has 1 saturated carbocycles. The third kappa shape index (κ3) is 1.97. The fraction of sp³-hybridized carbons (Fsp3) is 0.364. The van der Waals surface area contributed by atoms with Gasteiger partial charge in [-0.2, -0.15) is 5.26 Å². The molecule has 0 unspecified atom stereocenters. The lowest BCUT2D eigenvalue weighted by atomic mass is 9.86. The molecule has 1 aromatic carbocycles. The van der Waals surface area contributed by atoms with Gasteiger partial charge in [-0.05, 0) is 43.5 Å². The zero-order valence-corrected chi connectivity index (χ0v) is 10.1. The summed E-state index contributed by atoms with van der Waals surface area (Å²) < 4.78 is 0.954. The normalized spacial score (nSPS) is 18.3. The van der Waals surface area contributed by atoms with E-state index in [2.05, 4.69) is 34.1 Å². The van der Waals surface area contributed by atoms with Crippen molar-refractivity contribution < 1.29 is 0 Å². The molecule has 0 aliphatic heterocycles. The first-order valence-corrected chi connectivity index (χ1v) is 6.21. The summed E-state index contributed by atoms with van der Waals surface area (Å²) in [5, 5.41) is 9.07. The Hall–Kier alpha value is -0.460. The van der Waals surface area contributed by atoms with Gasteiger partial charge in [-0.3, -0.25) is 0 Å². The van der Waals surface area contributed by atoms with Crippen LogP contribution >= 0.6 is 27.7 Å². The van der Waals surface area contributed by atoms with Gasteiger partial charge in [0.05, 0.1) is 6.07 Å². The predicted octanol–water partition coefficient (Wildman–Crippen LogP) is 3.99. The second-order valence-electron chi connectivity index (χ2n) is 3.52. The van der Waals surface area contributed by atoms with Crippen molar-refractivity contribution in [1.82, 2.24) is 0 Å². The molecule has 3 heteroatoms. The zero-order chi connectivity index (χ0) is 10.0.